The molecule has 0 aliphatic rings. The predicted octanol–water partition coefficient (Wildman–Crippen LogP) is 2.16. The maximum Gasteiger partial charge on any atom is 0.299 e. The van der Waals surface area contributed by atoms with E-state index in [0.29, 0.717) is 18.2 Å². The summed E-state index contributed by atoms with van der Waals surface area (Å²) >= 11 is 0. The molecule has 3 aromatic rings. The second kappa shape index (κ2) is 5.36. The molecule has 0 saturated carbocycles. The van der Waals surface area contributed by atoms with E-state index in [-0.39, 0.29) is 5.56 Å². The topological polar surface area (TPSA) is 57.0 Å². The lowest BCUT2D eigenvalue weighted by atomic mass is 10.1. The van der Waals surface area contributed by atoms with Crippen molar-refractivity contribution in [1.29, 1.82) is 0 Å². The number of para-hydroxylation sites is 1. The first-order valence-electron chi connectivity index (χ1n) is 6.64. The highest BCUT2D eigenvalue weighted by Gasteiger charge is 2.10. The Morgan fingerprint density at radius 2 is 2.05 bits per heavy atom. The number of fused-ring (bicyclic) bond motifs is 1. The van der Waals surface area contributed by atoms with Crippen LogP contribution in [0, 0.1) is 6.92 Å². The zero-order valence-corrected chi connectivity index (χ0v) is 11.9. The van der Waals surface area contributed by atoms with Crippen LogP contribution in [0.15, 0.2) is 47.4 Å². The van der Waals surface area contributed by atoms with Crippen LogP contribution in [0.5, 0.6) is 6.01 Å². The molecule has 0 radical (unpaired) electrons. The molecule has 0 bridgehead atoms. The Morgan fingerprint density at radius 3 is 2.86 bits per heavy atom. The number of aryl methyl sites for hydroxylation is 1. The fourth-order valence-electron chi connectivity index (χ4n) is 2.36. The number of benzene rings is 1. The van der Waals surface area contributed by atoms with Crippen LogP contribution in [0.4, 0.5) is 0 Å². The van der Waals surface area contributed by atoms with Gasteiger partial charge in [-0.05, 0) is 24.6 Å². The molecule has 0 N–H and O–H groups in total. The van der Waals surface area contributed by atoms with Gasteiger partial charge in [0, 0.05) is 23.3 Å². The largest absolute Gasteiger partial charge is 0.468 e. The predicted molar refractivity (Wildman–Crippen MR) is 80.6 cm³/mol. The maximum absolute atomic E-state index is 12.2. The first-order chi connectivity index (χ1) is 10.2. The fraction of sp³-hybridized carbons (Fsp3) is 0.188. The molecule has 5 nitrogen and oxygen atoms in total. The van der Waals surface area contributed by atoms with Gasteiger partial charge in [0.15, 0.2) is 0 Å². The van der Waals surface area contributed by atoms with E-state index in [9.17, 15) is 4.79 Å². The molecule has 5 heteroatoms. The van der Waals surface area contributed by atoms with E-state index in [1.807, 2.05) is 30.3 Å². The van der Waals surface area contributed by atoms with Crippen molar-refractivity contribution < 1.29 is 4.74 Å². The highest BCUT2D eigenvalue weighted by molar-refractivity contribution is 5.81. The quantitative estimate of drug-likeness (QED) is 0.738. The number of pyridine rings is 1. The summed E-state index contributed by atoms with van der Waals surface area (Å²) in [5.41, 5.74) is 2.43. The zero-order chi connectivity index (χ0) is 14.8. The fourth-order valence-corrected chi connectivity index (χ4v) is 2.36. The first-order valence-corrected chi connectivity index (χ1v) is 6.64. The molecular formula is C16H15N3O2. The van der Waals surface area contributed by atoms with Gasteiger partial charge in [0.25, 0.3) is 11.6 Å². The van der Waals surface area contributed by atoms with E-state index in [0.717, 1.165) is 16.5 Å². The Morgan fingerprint density at radius 1 is 1.24 bits per heavy atom. The van der Waals surface area contributed by atoms with Crippen molar-refractivity contribution in [2.45, 2.75) is 13.5 Å². The SMILES string of the molecule is COc1nc(C)cc(=O)n1Cc1ccnc2ccccc12. The van der Waals surface area contributed by atoms with Crippen molar-refractivity contribution in [1.82, 2.24) is 14.5 Å². The molecule has 106 valence electrons. The molecule has 2 aromatic heterocycles. The van der Waals surface area contributed by atoms with Crippen LogP contribution in [0.1, 0.15) is 11.3 Å². The monoisotopic (exact) mass is 281 g/mol. The summed E-state index contributed by atoms with van der Waals surface area (Å²) < 4.78 is 6.75. The van der Waals surface area contributed by atoms with Gasteiger partial charge in [-0.2, -0.15) is 0 Å². The minimum Gasteiger partial charge on any atom is -0.468 e. The second-order valence-electron chi connectivity index (χ2n) is 4.80. The molecule has 0 spiro atoms. The number of hydrogen-bond acceptors (Lipinski definition) is 4. The number of nitrogens with zero attached hydrogens (tertiary/aromatic N) is 3. The Bertz CT molecular complexity index is 850. The molecule has 0 unspecified atom stereocenters. The Hall–Kier alpha value is -2.69. The van der Waals surface area contributed by atoms with Crippen molar-refractivity contribution in [2.24, 2.45) is 0 Å². The van der Waals surface area contributed by atoms with E-state index < -0.39 is 0 Å². The van der Waals surface area contributed by atoms with Crippen LogP contribution in [-0.4, -0.2) is 21.6 Å². The van der Waals surface area contributed by atoms with E-state index in [2.05, 4.69) is 9.97 Å². The molecule has 0 amide bonds. The molecule has 0 aliphatic heterocycles. The number of rotatable bonds is 3. The van der Waals surface area contributed by atoms with E-state index in [1.165, 1.54) is 17.7 Å². The van der Waals surface area contributed by atoms with Gasteiger partial charge in [0.2, 0.25) is 0 Å². The summed E-state index contributed by atoms with van der Waals surface area (Å²) in [5, 5.41) is 1.02. The minimum absolute atomic E-state index is 0.125. The van der Waals surface area contributed by atoms with Gasteiger partial charge in [-0.1, -0.05) is 18.2 Å². The van der Waals surface area contributed by atoms with Crippen LogP contribution < -0.4 is 10.3 Å². The Kier molecular flexibility index (Phi) is 3.39. The summed E-state index contributed by atoms with van der Waals surface area (Å²) in [6.45, 7) is 2.18. The third-order valence-corrected chi connectivity index (χ3v) is 3.35. The van der Waals surface area contributed by atoms with Gasteiger partial charge in [-0.25, -0.2) is 4.98 Å². The molecule has 21 heavy (non-hydrogen) atoms. The summed E-state index contributed by atoms with van der Waals surface area (Å²) in [7, 11) is 1.52. The van der Waals surface area contributed by atoms with E-state index >= 15 is 0 Å². The summed E-state index contributed by atoms with van der Waals surface area (Å²) in [6.07, 6.45) is 1.75. The molecule has 3 rings (SSSR count). The molecule has 0 saturated heterocycles. The lowest BCUT2D eigenvalue weighted by molar-refractivity contribution is 0.350. The molecule has 0 fully saturated rings. The minimum atomic E-state index is -0.125. The summed E-state index contributed by atoms with van der Waals surface area (Å²) in [4.78, 5) is 20.8. The third-order valence-electron chi connectivity index (χ3n) is 3.35. The van der Waals surface area contributed by atoms with Crippen LogP contribution in [-0.2, 0) is 6.54 Å². The Labute approximate surface area is 121 Å². The number of aromatic nitrogens is 3. The van der Waals surface area contributed by atoms with Crippen LogP contribution >= 0.6 is 0 Å². The smallest absolute Gasteiger partial charge is 0.299 e. The van der Waals surface area contributed by atoms with Crippen molar-refractivity contribution in [3.8, 4) is 6.01 Å². The molecule has 0 atom stereocenters. The van der Waals surface area contributed by atoms with Crippen molar-refractivity contribution in [3.63, 3.8) is 0 Å². The van der Waals surface area contributed by atoms with Crippen LogP contribution in [0.2, 0.25) is 0 Å². The molecule has 1 aromatic carbocycles. The van der Waals surface area contributed by atoms with Crippen molar-refractivity contribution >= 4 is 10.9 Å². The second-order valence-corrected chi connectivity index (χ2v) is 4.80. The lowest BCUT2D eigenvalue weighted by Gasteiger charge is -2.12. The molecule has 2 heterocycles. The normalized spacial score (nSPS) is 10.8. The average Bonchev–Trinajstić information content (AvgIpc) is 2.50. The number of hydrogen-bond donors (Lipinski definition) is 0. The lowest BCUT2D eigenvalue weighted by Crippen LogP contribution is -2.23. The highest BCUT2D eigenvalue weighted by atomic mass is 16.5. The summed E-state index contributed by atoms with van der Waals surface area (Å²) in [6, 6.07) is 11.6. The van der Waals surface area contributed by atoms with Crippen molar-refractivity contribution in [3.05, 3.63) is 64.2 Å². The van der Waals surface area contributed by atoms with Gasteiger partial charge in [0.05, 0.1) is 19.2 Å². The van der Waals surface area contributed by atoms with Gasteiger partial charge in [0.1, 0.15) is 0 Å². The van der Waals surface area contributed by atoms with Gasteiger partial charge < -0.3 is 4.74 Å². The van der Waals surface area contributed by atoms with Crippen LogP contribution in [0.3, 0.4) is 0 Å². The van der Waals surface area contributed by atoms with Gasteiger partial charge >= 0.3 is 0 Å². The van der Waals surface area contributed by atoms with E-state index in [4.69, 9.17) is 4.74 Å². The molecule has 0 aliphatic carbocycles. The van der Waals surface area contributed by atoms with E-state index in [1.54, 1.807) is 13.1 Å². The standard InChI is InChI=1S/C16H15N3O2/c1-11-9-15(20)19(16(18-11)21-2)10-12-7-8-17-14-6-4-3-5-13(12)14/h3-9H,10H2,1-2H3. The van der Waals surface area contributed by atoms with Gasteiger partial charge in [-0.3, -0.25) is 14.3 Å². The summed E-state index contributed by atoms with van der Waals surface area (Å²) in [5.74, 6) is 0. The highest BCUT2D eigenvalue weighted by Crippen LogP contribution is 2.18. The third kappa shape index (κ3) is 2.50. The average molecular weight is 281 g/mol. The van der Waals surface area contributed by atoms with Crippen LogP contribution in [0.25, 0.3) is 10.9 Å². The number of ether oxygens (including phenoxy) is 1. The van der Waals surface area contributed by atoms with Crippen molar-refractivity contribution in [2.75, 3.05) is 7.11 Å². The first kappa shape index (κ1) is 13.3. The number of methoxy groups -OCH3 is 1. The van der Waals surface area contributed by atoms with Gasteiger partial charge in [-0.15, -0.1) is 0 Å². The Balaban J connectivity index is 2.13. The molecular weight excluding hydrogens is 266 g/mol. The zero-order valence-electron chi connectivity index (χ0n) is 11.9. The maximum atomic E-state index is 12.2.